The van der Waals surface area contributed by atoms with Crippen LogP contribution in [0.15, 0.2) is 36.4 Å². The lowest BCUT2D eigenvalue weighted by molar-refractivity contribution is -0.127. The van der Waals surface area contributed by atoms with Crippen LogP contribution < -0.4 is 9.47 Å². The highest BCUT2D eigenvalue weighted by Crippen LogP contribution is 2.45. The highest BCUT2D eigenvalue weighted by molar-refractivity contribution is 7.80. The van der Waals surface area contributed by atoms with Crippen LogP contribution in [0.3, 0.4) is 0 Å². The van der Waals surface area contributed by atoms with Gasteiger partial charge in [-0.05, 0) is 54.0 Å². The largest absolute Gasteiger partial charge is 0.497 e. The van der Waals surface area contributed by atoms with Crippen molar-refractivity contribution in [2.24, 2.45) is 0 Å². The predicted molar refractivity (Wildman–Crippen MR) is 119 cm³/mol. The van der Waals surface area contributed by atoms with Crippen molar-refractivity contribution >= 4 is 34.1 Å². The Bertz CT molecular complexity index is 1180. The van der Waals surface area contributed by atoms with E-state index in [1.807, 2.05) is 18.2 Å². The second-order valence-corrected chi connectivity index (χ2v) is 8.29. The molecule has 1 amide bonds. The second-order valence-electron chi connectivity index (χ2n) is 7.92. The van der Waals surface area contributed by atoms with E-state index in [0.29, 0.717) is 23.0 Å². The van der Waals surface area contributed by atoms with Crippen molar-refractivity contribution in [3.05, 3.63) is 58.8 Å². The average molecular weight is 422 g/mol. The summed E-state index contributed by atoms with van der Waals surface area (Å²) < 4.78 is 11.0. The van der Waals surface area contributed by atoms with Crippen LogP contribution in [0.4, 0.5) is 0 Å². The van der Waals surface area contributed by atoms with Gasteiger partial charge in [0.05, 0.1) is 20.3 Å². The lowest BCUT2D eigenvalue weighted by atomic mass is 9.88. The molecular weight excluding hydrogens is 398 g/mol. The number of carbonyl (C=O) groups is 1. The van der Waals surface area contributed by atoms with Gasteiger partial charge in [-0.25, -0.2) is 0 Å². The summed E-state index contributed by atoms with van der Waals surface area (Å²) in [5.74, 6) is 1.43. The quantitative estimate of drug-likeness (QED) is 0.656. The highest BCUT2D eigenvalue weighted by Gasteiger charge is 2.49. The van der Waals surface area contributed by atoms with Crippen LogP contribution in [-0.2, 0) is 11.2 Å². The van der Waals surface area contributed by atoms with Gasteiger partial charge in [-0.2, -0.15) is 0 Å². The number of fused-ring (bicyclic) bond motifs is 4. The lowest BCUT2D eigenvalue weighted by Crippen LogP contribution is -2.44. The van der Waals surface area contributed by atoms with Crippen LogP contribution in [0.5, 0.6) is 11.5 Å². The van der Waals surface area contributed by atoms with Crippen LogP contribution in [-0.4, -0.2) is 53.1 Å². The summed E-state index contributed by atoms with van der Waals surface area (Å²) >= 11 is 5.70. The first-order chi connectivity index (χ1) is 14.4. The number of nitrogens with one attached hydrogen (secondary N) is 1. The molecule has 2 aliphatic heterocycles. The molecule has 154 valence electrons. The molecule has 1 fully saturated rings. The van der Waals surface area contributed by atoms with Gasteiger partial charge in [0, 0.05) is 36.1 Å². The molecule has 30 heavy (non-hydrogen) atoms. The zero-order valence-electron chi connectivity index (χ0n) is 17.4. The van der Waals surface area contributed by atoms with E-state index in [-0.39, 0.29) is 18.0 Å². The van der Waals surface area contributed by atoms with E-state index < -0.39 is 0 Å². The average Bonchev–Trinajstić information content (AvgIpc) is 3.21. The van der Waals surface area contributed by atoms with Gasteiger partial charge in [-0.1, -0.05) is 12.1 Å². The number of nitrogens with zero attached hydrogens (tertiary/aromatic N) is 2. The van der Waals surface area contributed by atoms with Crippen LogP contribution in [0.25, 0.3) is 10.9 Å². The number of carbonyl (C=O) groups excluding carboxylic acids is 1. The first-order valence-corrected chi connectivity index (χ1v) is 10.3. The SMILES string of the molecule is COc1cc(OC)cc([C@@H]2c3[nH]c4cc(C)ccc4c3C[C@H]3C(=O)N(C)C(=S)N23)c1. The van der Waals surface area contributed by atoms with E-state index in [4.69, 9.17) is 21.7 Å². The van der Waals surface area contributed by atoms with E-state index in [1.165, 1.54) is 11.1 Å². The number of ether oxygens (including phenoxy) is 2. The Morgan fingerprint density at radius 2 is 1.80 bits per heavy atom. The Morgan fingerprint density at radius 1 is 1.10 bits per heavy atom. The Labute approximate surface area is 180 Å². The number of amides is 1. The molecule has 3 heterocycles. The summed E-state index contributed by atoms with van der Waals surface area (Å²) in [6.07, 6.45) is 0.624. The summed E-state index contributed by atoms with van der Waals surface area (Å²) in [4.78, 5) is 20.3. The zero-order chi connectivity index (χ0) is 21.2. The summed E-state index contributed by atoms with van der Waals surface area (Å²) in [5, 5.41) is 1.70. The number of hydrogen-bond acceptors (Lipinski definition) is 4. The number of H-pyrrole nitrogens is 1. The first-order valence-electron chi connectivity index (χ1n) is 9.87. The molecule has 1 N–H and O–H groups in total. The number of aromatic amines is 1. The molecule has 2 atom stereocenters. The number of thiocarbonyl (C=S) groups is 1. The van der Waals surface area contributed by atoms with Gasteiger partial charge >= 0.3 is 0 Å². The van der Waals surface area contributed by atoms with Crippen molar-refractivity contribution in [1.82, 2.24) is 14.8 Å². The molecule has 0 radical (unpaired) electrons. The summed E-state index contributed by atoms with van der Waals surface area (Å²) in [6, 6.07) is 11.7. The minimum atomic E-state index is -0.322. The standard InChI is InChI=1S/C23H23N3O3S/c1-12-5-6-16-17-11-19-22(27)25(2)23(30)26(19)21(20(17)24-18(16)7-12)13-8-14(28-3)10-15(9-13)29-4/h5-10,19,21,24H,11H2,1-4H3/t19-,21+/m0/s1. The van der Waals surface area contributed by atoms with Gasteiger partial charge in [0.1, 0.15) is 17.5 Å². The number of methoxy groups -OCH3 is 2. The number of rotatable bonds is 3. The molecule has 1 saturated heterocycles. The molecule has 2 aliphatic rings. The Morgan fingerprint density at radius 3 is 2.47 bits per heavy atom. The first kappa shape index (κ1) is 18.9. The molecule has 0 saturated carbocycles. The minimum absolute atomic E-state index is 0.0342. The zero-order valence-corrected chi connectivity index (χ0v) is 18.2. The Balaban J connectivity index is 1.78. The van der Waals surface area contributed by atoms with Crippen LogP contribution in [0, 0.1) is 6.92 Å². The number of likely N-dealkylation sites (N-methyl/N-ethyl adjacent to an activating group) is 1. The normalized spacial score (nSPS) is 20.5. The summed E-state index contributed by atoms with van der Waals surface area (Å²) in [7, 11) is 5.02. The molecule has 6 nitrogen and oxygen atoms in total. The lowest BCUT2D eigenvalue weighted by Gasteiger charge is -2.37. The van der Waals surface area contributed by atoms with Gasteiger partial charge in [0.2, 0.25) is 0 Å². The Hall–Kier alpha value is -3.06. The van der Waals surface area contributed by atoms with Crippen molar-refractivity contribution in [3.63, 3.8) is 0 Å². The number of aryl methyl sites for hydroxylation is 1. The van der Waals surface area contributed by atoms with Crippen molar-refractivity contribution in [2.75, 3.05) is 21.3 Å². The van der Waals surface area contributed by atoms with E-state index in [1.54, 1.807) is 26.2 Å². The fraction of sp³-hybridized carbons (Fsp3) is 0.304. The Kier molecular flexibility index (Phi) is 4.25. The number of benzene rings is 2. The maximum Gasteiger partial charge on any atom is 0.251 e. The predicted octanol–water partition coefficient (Wildman–Crippen LogP) is 3.57. The molecule has 1 aromatic heterocycles. The van der Waals surface area contributed by atoms with E-state index in [0.717, 1.165) is 22.2 Å². The van der Waals surface area contributed by atoms with Crippen molar-refractivity contribution < 1.29 is 14.3 Å². The minimum Gasteiger partial charge on any atom is -0.497 e. The van der Waals surface area contributed by atoms with Gasteiger partial charge in [0.25, 0.3) is 5.91 Å². The number of aromatic nitrogens is 1. The molecular formula is C23H23N3O3S. The van der Waals surface area contributed by atoms with E-state index in [9.17, 15) is 4.79 Å². The fourth-order valence-corrected chi connectivity index (χ4v) is 5.03. The van der Waals surface area contributed by atoms with Gasteiger partial charge in [0.15, 0.2) is 5.11 Å². The van der Waals surface area contributed by atoms with Gasteiger partial charge in [-0.3, -0.25) is 9.69 Å². The van der Waals surface area contributed by atoms with Crippen LogP contribution in [0.2, 0.25) is 0 Å². The van der Waals surface area contributed by atoms with Crippen LogP contribution >= 0.6 is 12.2 Å². The molecule has 0 spiro atoms. The summed E-state index contributed by atoms with van der Waals surface area (Å²) in [6.45, 7) is 2.08. The van der Waals surface area contributed by atoms with E-state index >= 15 is 0 Å². The second kappa shape index (κ2) is 6.74. The molecule has 3 aromatic rings. The van der Waals surface area contributed by atoms with Crippen molar-refractivity contribution in [3.8, 4) is 11.5 Å². The molecule has 0 unspecified atom stereocenters. The third kappa shape index (κ3) is 2.61. The molecule has 2 aromatic carbocycles. The van der Waals surface area contributed by atoms with Gasteiger partial charge in [-0.15, -0.1) is 0 Å². The monoisotopic (exact) mass is 421 g/mol. The van der Waals surface area contributed by atoms with Crippen molar-refractivity contribution in [2.45, 2.75) is 25.4 Å². The fourth-order valence-electron chi connectivity index (χ4n) is 4.71. The highest BCUT2D eigenvalue weighted by atomic mass is 32.1. The molecule has 7 heteroatoms. The molecule has 5 rings (SSSR count). The molecule has 0 bridgehead atoms. The van der Waals surface area contributed by atoms with Crippen LogP contribution in [0.1, 0.15) is 28.4 Å². The van der Waals surface area contributed by atoms with E-state index in [2.05, 4.69) is 35.0 Å². The maximum absolute atomic E-state index is 13.0. The maximum atomic E-state index is 13.0. The third-order valence-corrected chi connectivity index (χ3v) is 6.68. The molecule has 0 aliphatic carbocycles. The third-order valence-electron chi connectivity index (χ3n) is 6.19. The van der Waals surface area contributed by atoms with Crippen molar-refractivity contribution in [1.29, 1.82) is 0 Å². The smallest absolute Gasteiger partial charge is 0.251 e. The number of hydrogen-bond donors (Lipinski definition) is 1. The van der Waals surface area contributed by atoms with Gasteiger partial charge < -0.3 is 19.4 Å². The topological polar surface area (TPSA) is 57.8 Å². The summed E-state index contributed by atoms with van der Waals surface area (Å²) in [5.41, 5.74) is 5.46.